The number of aromatic nitrogens is 2. The second kappa shape index (κ2) is 6.45. The molecule has 2 aromatic rings. The Kier molecular flexibility index (Phi) is 4.87. The lowest BCUT2D eigenvalue weighted by atomic mass is 10.2. The number of nitrogens with one attached hydrogen (secondary N) is 1. The summed E-state index contributed by atoms with van der Waals surface area (Å²) in [7, 11) is 0. The molecule has 108 valence electrons. The first-order valence-electron chi connectivity index (χ1n) is 5.87. The third kappa shape index (κ3) is 4.68. The van der Waals surface area contributed by atoms with Crippen LogP contribution in [0.5, 0.6) is 0 Å². The molecule has 0 aliphatic rings. The predicted octanol–water partition coefficient (Wildman–Crippen LogP) is 4.32. The first-order chi connectivity index (χ1) is 9.46. The number of hydrogen-bond acceptors (Lipinski definition) is 5. The van der Waals surface area contributed by atoms with E-state index in [0.717, 1.165) is 22.1 Å². The molecule has 0 spiro atoms. The Labute approximate surface area is 122 Å². The van der Waals surface area contributed by atoms with E-state index in [1.807, 2.05) is 6.92 Å². The zero-order valence-electron chi connectivity index (χ0n) is 10.6. The second-order valence-corrected chi connectivity index (χ2v) is 6.10. The standard InChI is InChI=1S/C12H12F3N3S2/c1-2-10-17-18-11(19-10)16-7-8-3-5-9(6-4-8)20-12(13,14)15/h3-6H,2,7H2,1H3,(H,16,18). The Morgan fingerprint density at radius 3 is 2.45 bits per heavy atom. The highest BCUT2D eigenvalue weighted by Gasteiger charge is 2.28. The topological polar surface area (TPSA) is 37.8 Å². The molecule has 0 atom stereocenters. The average Bonchev–Trinajstić information content (AvgIpc) is 2.84. The van der Waals surface area contributed by atoms with Crippen molar-refractivity contribution in [2.24, 2.45) is 0 Å². The van der Waals surface area contributed by atoms with Crippen molar-refractivity contribution in [3.05, 3.63) is 34.8 Å². The maximum Gasteiger partial charge on any atom is 0.446 e. The number of aryl methyl sites for hydroxylation is 1. The zero-order valence-corrected chi connectivity index (χ0v) is 12.2. The van der Waals surface area contributed by atoms with E-state index in [1.165, 1.54) is 23.5 Å². The van der Waals surface area contributed by atoms with E-state index in [9.17, 15) is 13.2 Å². The van der Waals surface area contributed by atoms with Gasteiger partial charge < -0.3 is 5.32 Å². The third-order valence-electron chi connectivity index (χ3n) is 2.37. The summed E-state index contributed by atoms with van der Waals surface area (Å²) >= 11 is 1.37. The van der Waals surface area contributed by atoms with E-state index in [-0.39, 0.29) is 16.7 Å². The Bertz CT molecular complexity index is 552. The van der Waals surface area contributed by atoms with Crippen LogP contribution < -0.4 is 5.32 Å². The van der Waals surface area contributed by atoms with Gasteiger partial charge in [-0.15, -0.1) is 10.2 Å². The van der Waals surface area contributed by atoms with Crippen LogP contribution in [-0.4, -0.2) is 15.7 Å². The van der Waals surface area contributed by atoms with Gasteiger partial charge in [0, 0.05) is 11.4 Å². The van der Waals surface area contributed by atoms with Gasteiger partial charge in [0.25, 0.3) is 0 Å². The van der Waals surface area contributed by atoms with Gasteiger partial charge in [-0.05, 0) is 35.9 Å². The monoisotopic (exact) mass is 319 g/mol. The van der Waals surface area contributed by atoms with Crippen LogP contribution in [0.15, 0.2) is 29.2 Å². The minimum atomic E-state index is -4.25. The van der Waals surface area contributed by atoms with E-state index < -0.39 is 5.51 Å². The van der Waals surface area contributed by atoms with E-state index in [4.69, 9.17) is 0 Å². The summed E-state index contributed by atoms with van der Waals surface area (Å²) in [6, 6.07) is 6.27. The first kappa shape index (κ1) is 15.1. The average molecular weight is 319 g/mol. The van der Waals surface area contributed by atoms with Gasteiger partial charge in [-0.25, -0.2) is 0 Å². The molecule has 0 saturated carbocycles. The lowest BCUT2D eigenvalue weighted by Gasteiger charge is -2.06. The third-order valence-corrected chi connectivity index (χ3v) is 4.13. The van der Waals surface area contributed by atoms with Crippen molar-refractivity contribution in [3.63, 3.8) is 0 Å². The van der Waals surface area contributed by atoms with Gasteiger partial charge in [0.1, 0.15) is 5.01 Å². The number of benzene rings is 1. The van der Waals surface area contributed by atoms with Gasteiger partial charge in [0.2, 0.25) is 5.13 Å². The van der Waals surface area contributed by atoms with Gasteiger partial charge in [-0.3, -0.25) is 0 Å². The van der Waals surface area contributed by atoms with Crippen LogP contribution in [0.2, 0.25) is 0 Å². The molecule has 1 N–H and O–H groups in total. The molecule has 0 bridgehead atoms. The van der Waals surface area contributed by atoms with Crippen LogP contribution >= 0.6 is 23.1 Å². The number of alkyl halides is 3. The lowest BCUT2D eigenvalue weighted by molar-refractivity contribution is -0.0328. The normalized spacial score (nSPS) is 11.6. The number of hydrogen-bond donors (Lipinski definition) is 1. The highest BCUT2D eigenvalue weighted by Crippen LogP contribution is 2.36. The Morgan fingerprint density at radius 1 is 1.20 bits per heavy atom. The SMILES string of the molecule is CCc1nnc(NCc2ccc(SC(F)(F)F)cc2)s1. The van der Waals surface area contributed by atoms with Crippen LogP contribution in [-0.2, 0) is 13.0 Å². The maximum atomic E-state index is 12.2. The van der Waals surface area contributed by atoms with Crippen molar-refractivity contribution < 1.29 is 13.2 Å². The molecule has 2 rings (SSSR count). The molecule has 0 unspecified atom stereocenters. The smallest absolute Gasteiger partial charge is 0.356 e. The second-order valence-electron chi connectivity index (χ2n) is 3.90. The quantitative estimate of drug-likeness (QED) is 0.833. The van der Waals surface area contributed by atoms with E-state index >= 15 is 0 Å². The molecule has 0 aliphatic carbocycles. The molecule has 3 nitrogen and oxygen atoms in total. The fraction of sp³-hybridized carbons (Fsp3) is 0.333. The zero-order chi connectivity index (χ0) is 14.6. The first-order valence-corrected chi connectivity index (χ1v) is 7.50. The molecule has 0 saturated heterocycles. The van der Waals surface area contributed by atoms with Crippen LogP contribution in [0.4, 0.5) is 18.3 Å². The largest absolute Gasteiger partial charge is 0.446 e. The van der Waals surface area contributed by atoms with Crippen molar-refractivity contribution in [2.45, 2.75) is 30.3 Å². The molecular formula is C12H12F3N3S2. The van der Waals surface area contributed by atoms with E-state index in [0.29, 0.717) is 6.54 Å². The summed E-state index contributed by atoms with van der Waals surface area (Å²) in [5.74, 6) is 0. The summed E-state index contributed by atoms with van der Waals surface area (Å²) in [6.07, 6.45) is 0.836. The van der Waals surface area contributed by atoms with Crippen LogP contribution in [0, 0.1) is 0 Å². The lowest BCUT2D eigenvalue weighted by Crippen LogP contribution is -2.00. The highest BCUT2D eigenvalue weighted by atomic mass is 32.2. The Balaban J connectivity index is 1.90. The fourth-order valence-electron chi connectivity index (χ4n) is 1.45. The molecule has 1 aromatic carbocycles. The number of nitrogens with zero attached hydrogens (tertiary/aromatic N) is 2. The van der Waals surface area contributed by atoms with Gasteiger partial charge in [-0.1, -0.05) is 30.4 Å². The van der Waals surface area contributed by atoms with Crippen molar-refractivity contribution in [1.82, 2.24) is 10.2 Å². The molecule has 20 heavy (non-hydrogen) atoms. The number of rotatable bonds is 5. The van der Waals surface area contributed by atoms with Crippen LogP contribution in [0.3, 0.4) is 0 Å². The van der Waals surface area contributed by atoms with Crippen molar-refractivity contribution in [3.8, 4) is 0 Å². The molecular weight excluding hydrogens is 307 g/mol. The Morgan fingerprint density at radius 2 is 1.90 bits per heavy atom. The molecule has 0 aliphatic heterocycles. The molecule has 0 radical (unpaired) electrons. The summed E-state index contributed by atoms with van der Waals surface area (Å²) in [5.41, 5.74) is -3.35. The van der Waals surface area contributed by atoms with Crippen molar-refractivity contribution in [2.75, 3.05) is 5.32 Å². The fourth-order valence-corrected chi connectivity index (χ4v) is 2.67. The van der Waals surface area contributed by atoms with Gasteiger partial charge >= 0.3 is 5.51 Å². The molecule has 0 fully saturated rings. The molecule has 8 heteroatoms. The van der Waals surface area contributed by atoms with Crippen molar-refractivity contribution >= 4 is 28.2 Å². The number of anilines is 1. The minimum absolute atomic E-state index is 0.110. The van der Waals surface area contributed by atoms with Crippen LogP contribution in [0.1, 0.15) is 17.5 Å². The highest BCUT2D eigenvalue weighted by molar-refractivity contribution is 8.00. The summed E-state index contributed by atoms with van der Waals surface area (Å²) in [5, 5.41) is 12.7. The summed E-state index contributed by atoms with van der Waals surface area (Å²) < 4.78 is 36.6. The van der Waals surface area contributed by atoms with Crippen LogP contribution in [0.25, 0.3) is 0 Å². The predicted molar refractivity (Wildman–Crippen MR) is 75.0 cm³/mol. The minimum Gasteiger partial charge on any atom is -0.356 e. The molecule has 0 amide bonds. The van der Waals surface area contributed by atoms with Gasteiger partial charge in [0.15, 0.2) is 0 Å². The van der Waals surface area contributed by atoms with Crippen molar-refractivity contribution in [1.29, 1.82) is 0 Å². The number of halogens is 3. The molecule has 1 heterocycles. The van der Waals surface area contributed by atoms with Gasteiger partial charge in [0.05, 0.1) is 0 Å². The summed E-state index contributed by atoms with van der Waals surface area (Å²) in [6.45, 7) is 2.51. The Hall–Kier alpha value is -1.28. The summed E-state index contributed by atoms with van der Waals surface area (Å²) in [4.78, 5) is 0.186. The maximum absolute atomic E-state index is 12.2. The molecule has 1 aromatic heterocycles. The van der Waals surface area contributed by atoms with E-state index in [2.05, 4.69) is 15.5 Å². The van der Waals surface area contributed by atoms with Gasteiger partial charge in [-0.2, -0.15) is 13.2 Å². The van der Waals surface area contributed by atoms with E-state index in [1.54, 1.807) is 12.1 Å². The number of thioether (sulfide) groups is 1.